The molecule has 0 rings (SSSR count). The van der Waals surface area contributed by atoms with Crippen LogP contribution in [0, 0.1) is 23.2 Å². The van der Waals surface area contributed by atoms with Crippen LogP contribution in [0.3, 0.4) is 0 Å². The van der Waals surface area contributed by atoms with Gasteiger partial charge in [0.15, 0.2) is 0 Å². The van der Waals surface area contributed by atoms with Gasteiger partial charge in [0.2, 0.25) is 0 Å². The molecule has 0 fully saturated rings. The number of allylic oxidation sites excluding steroid dienone is 1. The van der Waals surface area contributed by atoms with Gasteiger partial charge in [-0.15, -0.1) is 0 Å². The van der Waals surface area contributed by atoms with E-state index in [-0.39, 0.29) is 0 Å². The predicted octanol–water partition coefficient (Wildman–Crippen LogP) is 5.21. The molecule has 2 atom stereocenters. The SMILES string of the molecule is CCCCCC(C(C)C)C(C)C/C=C(\C)C(N)=NCC(C)=N. The van der Waals surface area contributed by atoms with E-state index in [1.54, 1.807) is 6.92 Å². The standard InChI is InChI=1S/C19H37N3/c1-7-8-9-10-18(14(2)3)15(4)11-12-16(5)19(21)22-13-17(6)20/h12,14-15,18,20H,7-11,13H2,1-6H3,(H2,21,22)/b16-12+,20-17?. The van der Waals surface area contributed by atoms with E-state index in [9.17, 15) is 0 Å². The van der Waals surface area contributed by atoms with Gasteiger partial charge in [-0.3, -0.25) is 4.99 Å². The van der Waals surface area contributed by atoms with Gasteiger partial charge >= 0.3 is 0 Å². The van der Waals surface area contributed by atoms with E-state index in [0.717, 1.165) is 23.8 Å². The minimum Gasteiger partial charge on any atom is -0.384 e. The number of unbranched alkanes of at least 4 members (excludes halogenated alkanes) is 2. The van der Waals surface area contributed by atoms with Crippen molar-refractivity contribution >= 4 is 11.5 Å². The number of nitrogens with one attached hydrogen (secondary N) is 1. The van der Waals surface area contributed by atoms with Gasteiger partial charge in [-0.05, 0) is 50.0 Å². The predicted molar refractivity (Wildman–Crippen MR) is 99.9 cm³/mol. The van der Waals surface area contributed by atoms with Crippen LogP contribution in [0.5, 0.6) is 0 Å². The summed E-state index contributed by atoms with van der Waals surface area (Å²) in [5, 5.41) is 7.40. The first-order valence-corrected chi connectivity index (χ1v) is 8.80. The summed E-state index contributed by atoms with van der Waals surface area (Å²) in [6.07, 6.45) is 8.58. The lowest BCUT2D eigenvalue weighted by Crippen LogP contribution is -2.19. The van der Waals surface area contributed by atoms with Gasteiger partial charge in [0, 0.05) is 5.71 Å². The zero-order chi connectivity index (χ0) is 17.1. The van der Waals surface area contributed by atoms with Crippen molar-refractivity contribution in [2.24, 2.45) is 28.5 Å². The fourth-order valence-electron chi connectivity index (χ4n) is 2.88. The van der Waals surface area contributed by atoms with Crippen molar-refractivity contribution in [1.29, 1.82) is 5.41 Å². The van der Waals surface area contributed by atoms with Gasteiger partial charge in [-0.25, -0.2) is 0 Å². The lowest BCUT2D eigenvalue weighted by molar-refractivity contribution is 0.247. The van der Waals surface area contributed by atoms with Gasteiger partial charge in [-0.1, -0.05) is 53.0 Å². The van der Waals surface area contributed by atoms with Crippen LogP contribution >= 0.6 is 0 Å². The van der Waals surface area contributed by atoms with Crippen LogP contribution in [0.25, 0.3) is 0 Å². The van der Waals surface area contributed by atoms with E-state index in [1.165, 1.54) is 25.7 Å². The highest BCUT2D eigenvalue weighted by Gasteiger charge is 2.19. The van der Waals surface area contributed by atoms with Crippen LogP contribution in [0.2, 0.25) is 0 Å². The summed E-state index contributed by atoms with van der Waals surface area (Å²) in [7, 11) is 0. The minimum atomic E-state index is 0.401. The lowest BCUT2D eigenvalue weighted by Gasteiger charge is -2.27. The largest absolute Gasteiger partial charge is 0.384 e. The first kappa shape index (κ1) is 20.9. The Kier molecular flexibility index (Phi) is 10.9. The molecule has 0 aromatic carbocycles. The summed E-state index contributed by atoms with van der Waals surface area (Å²) in [4.78, 5) is 4.24. The molecule has 3 heteroatoms. The quantitative estimate of drug-likeness (QED) is 0.307. The van der Waals surface area contributed by atoms with Gasteiger partial charge in [0.05, 0.1) is 6.54 Å². The second-order valence-electron chi connectivity index (χ2n) is 6.99. The van der Waals surface area contributed by atoms with E-state index in [1.807, 2.05) is 6.92 Å². The molecule has 3 N–H and O–H groups in total. The van der Waals surface area contributed by atoms with E-state index < -0.39 is 0 Å². The van der Waals surface area contributed by atoms with Gasteiger partial charge in [0.1, 0.15) is 5.84 Å². The molecule has 0 aliphatic heterocycles. The zero-order valence-electron chi connectivity index (χ0n) is 15.6. The van der Waals surface area contributed by atoms with Crippen LogP contribution in [-0.4, -0.2) is 18.1 Å². The Balaban J connectivity index is 4.58. The molecule has 0 aromatic rings. The Labute approximate surface area is 138 Å². The first-order valence-electron chi connectivity index (χ1n) is 8.80. The molecule has 3 nitrogen and oxygen atoms in total. The summed E-state index contributed by atoms with van der Waals surface area (Å²) in [6.45, 7) is 13.5. The van der Waals surface area contributed by atoms with Crippen molar-refractivity contribution < 1.29 is 0 Å². The molecule has 0 aromatic heterocycles. The fraction of sp³-hybridized carbons (Fsp3) is 0.789. The summed E-state index contributed by atoms with van der Waals surface area (Å²) < 4.78 is 0. The van der Waals surface area contributed by atoms with Gasteiger partial charge < -0.3 is 11.1 Å². The molecule has 0 bridgehead atoms. The number of nitrogens with zero attached hydrogens (tertiary/aromatic N) is 1. The van der Waals surface area contributed by atoms with Crippen molar-refractivity contribution in [3.05, 3.63) is 11.6 Å². The molecular weight excluding hydrogens is 270 g/mol. The molecule has 128 valence electrons. The third kappa shape index (κ3) is 9.01. The minimum absolute atomic E-state index is 0.401. The summed E-state index contributed by atoms with van der Waals surface area (Å²) >= 11 is 0. The Bertz CT molecular complexity index is 380. The number of nitrogens with two attached hydrogens (primary N) is 1. The number of amidine groups is 1. The van der Waals surface area contributed by atoms with Crippen LogP contribution < -0.4 is 5.73 Å². The maximum atomic E-state index is 7.40. The molecule has 0 radical (unpaired) electrons. The lowest BCUT2D eigenvalue weighted by atomic mass is 9.79. The second kappa shape index (κ2) is 11.4. The maximum Gasteiger partial charge on any atom is 0.121 e. The van der Waals surface area contributed by atoms with E-state index in [0.29, 0.717) is 24.0 Å². The number of hydrogen-bond donors (Lipinski definition) is 2. The van der Waals surface area contributed by atoms with Crippen LogP contribution in [0.15, 0.2) is 16.6 Å². The second-order valence-corrected chi connectivity index (χ2v) is 6.99. The highest BCUT2D eigenvalue weighted by Crippen LogP contribution is 2.29. The number of hydrogen-bond acceptors (Lipinski definition) is 2. The smallest absolute Gasteiger partial charge is 0.121 e. The van der Waals surface area contributed by atoms with Crippen LogP contribution in [0.1, 0.15) is 73.6 Å². The van der Waals surface area contributed by atoms with Crippen molar-refractivity contribution in [3.63, 3.8) is 0 Å². The van der Waals surface area contributed by atoms with Gasteiger partial charge in [-0.2, -0.15) is 0 Å². The normalized spacial score (nSPS) is 16.0. The Morgan fingerprint density at radius 2 is 1.82 bits per heavy atom. The van der Waals surface area contributed by atoms with E-state index in [2.05, 4.69) is 38.8 Å². The third-order valence-electron chi connectivity index (χ3n) is 4.41. The van der Waals surface area contributed by atoms with Crippen LogP contribution in [0.4, 0.5) is 0 Å². The third-order valence-corrected chi connectivity index (χ3v) is 4.41. The van der Waals surface area contributed by atoms with Crippen LogP contribution in [-0.2, 0) is 0 Å². The summed E-state index contributed by atoms with van der Waals surface area (Å²) in [5.41, 5.74) is 7.56. The average molecular weight is 308 g/mol. The molecule has 0 spiro atoms. The fourth-order valence-corrected chi connectivity index (χ4v) is 2.88. The van der Waals surface area contributed by atoms with E-state index in [4.69, 9.17) is 11.1 Å². The van der Waals surface area contributed by atoms with E-state index >= 15 is 0 Å². The molecule has 0 aliphatic carbocycles. The average Bonchev–Trinajstić information content (AvgIpc) is 2.45. The molecule has 0 amide bonds. The Morgan fingerprint density at radius 1 is 1.18 bits per heavy atom. The molecule has 0 heterocycles. The van der Waals surface area contributed by atoms with Crippen molar-refractivity contribution in [2.45, 2.75) is 73.6 Å². The van der Waals surface area contributed by atoms with Crippen molar-refractivity contribution in [1.82, 2.24) is 0 Å². The number of rotatable bonds is 11. The Morgan fingerprint density at radius 3 is 2.32 bits per heavy atom. The topological polar surface area (TPSA) is 62.2 Å². The highest BCUT2D eigenvalue weighted by molar-refractivity contribution is 5.97. The molecule has 22 heavy (non-hydrogen) atoms. The Hall–Kier alpha value is -1.12. The van der Waals surface area contributed by atoms with Crippen molar-refractivity contribution in [3.8, 4) is 0 Å². The molecule has 0 saturated heterocycles. The maximum absolute atomic E-state index is 7.40. The number of aliphatic imine (C=N–C) groups is 1. The molecule has 2 unspecified atom stereocenters. The van der Waals surface area contributed by atoms with Gasteiger partial charge in [0.25, 0.3) is 0 Å². The van der Waals surface area contributed by atoms with Crippen molar-refractivity contribution in [2.75, 3.05) is 6.54 Å². The zero-order valence-corrected chi connectivity index (χ0v) is 15.6. The summed E-state index contributed by atoms with van der Waals surface area (Å²) in [5.74, 6) is 2.75. The first-order chi connectivity index (χ1) is 10.3. The summed E-state index contributed by atoms with van der Waals surface area (Å²) in [6, 6.07) is 0. The molecular formula is C19H37N3. The monoisotopic (exact) mass is 307 g/mol. The highest BCUT2D eigenvalue weighted by atomic mass is 14.9. The molecule has 0 saturated carbocycles. The molecule has 0 aliphatic rings.